The van der Waals surface area contributed by atoms with Crippen molar-refractivity contribution in [2.45, 2.75) is 0 Å². The van der Waals surface area contributed by atoms with E-state index in [0.29, 0.717) is 11.8 Å². The molecule has 18 aromatic rings. The maximum absolute atomic E-state index is 6.96. The van der Waals surface area contributed by atoms with Crippen LogP contribution in [0.5, 0.6) is 0 Å². The molecule has 0 spiro atoms. The summed E-state index contributed by atoms with van der Waals surface area (Å²) in [6.07, 6.45) is 0. The maximum Gasteiger partial charge on any atom is 0.227 e. The summed E-state index contributed by atoms with van der Waals surface area (Å²) in [5, 5.41) is 16.6. The Kier molecular flexibility index (Phi) is 15.9. The van der Waals surface area contributed by atoms with Crippen molar-refractivity contribution in [1.29, 1.82) is 0 Å². The highest BCUT2D eigenvalue weighted by Gasteiger charge is 2.23. The van der Waals surface area contributed by atoms with Gasteiger partial charge < -0.3 is 24.0 Å². The summed E-state index contributed by atoms with van der Waals surface area (Å²) in [4.78, 5) is 14.9. The third kappa shape index (κ3) is 11.6. The number of hydrogen-bond donors (Lipinski definition) is 1. The Morgan fingerprint density at radius 2 is 0.568 bits per heavy atom. The molecule has 0 aliphatic rings. The number of oxazole rings is 2. The fraction of sp³-hybridized carbons (Fsp3) is 0. The van der Waals surface area contributed by atoms with Gasteiger partial charge in [0.05, 0.1) is 0 Å². The van der Waals surface area contributed by atoms with E-state index in [1.807, 2.05) is 72.8 Å². The minimum absolute atomic E-state index is 0.604. The molecule has 0 aliphatic heterocycles. The molecule has 0 amide bonds. The molecule has 0 atom stereocenters. The van der Waals surface area contributed by atoms with Crippen LogP contribution in [0.2, 0.25) is 0 Å². The number of nitrogens with one attached hydrogen (secondary N) is 1. The van der Waals surface area contributed by atoms with Crippen LogP contribution in [0, 0.1) is 0 Å². The van der Waals surface area contributed by atoms with Crippen LogP contribution in [-0.2, 0) is 0 Å². The van der Waals surface area contributed by atoms with Crippen LogP contribution in [0.15, 0.2) is 357 Å². The average Bonchev–Trinajstić information content (AvgIpc) is 1.66. The Morgan fingerprint density at radius 1 is 0.253 bits per heavy atom. The first-order chi connectivity index (χ1) is 46.9. The normalized spacial score (nSPS) is 11.3. The second-order valence-electron chi connectivity index (χ2n) is 23.2. The van der Waals surface area contributed by atoms with Crippen molar-refractivity contribution in [2.75, 3.05) is 15.1 Å². The predicted molar refractivity (Wildman–Crippen MR) is 405 cm³/mol. The number of nitrogens with zero attached hydrogens (tertiary/aromatic N) is 4. The van der Waals surface area contributed by atoms with E-state index in [-0.39, 0.29) is 0 Å². The monoisotopic (exact) mass is 1350 g/mol. The predicted octanol–water partition coefficient (Wildman–Crippen LogP) is 25.8. The van der Waals surface area contributed by atoms with Gasteiger partial charge in [0, 0.05) is 87.1 Å². The largest absolute Gasteiger partial charge is 0.435 e. The lowest BCUT2D eigenvalue weighted by Gasteiger charge is -2.26. The van der Waals surface area contributed by atoms with E-state index >= 15 is 0 Å². The van der Waals surface area contributed by atoms with Gasteiger partial charge in [-0.25, -0.2) is 9.97 Å². The SMILES string of the molecule is Brc1ccc2c3ccc(Br)cc3c3oc(-c4cccc5ccccc45)nc3c2c1.c1ccc(N(c2ccccc2)c2ccc3c4ccc(N(c5ccccc5)c5ccccc5)cc4c4oc(-c5cccc6ccccc56)nc4c3c2)cc1.c1ccc(Nc2ccccc2)cc1. The molecule has 16 aromatic carbocycles. The van der Waals surface area contributed by atoms with Crippen molar-refractivity contribution in [2.24, 2.45) is 0 Å². The highest BCUT2D eigenvalue weighted by Crippen LogP contribution is 2.46. The number of aromatic nitrogens is 2. The lowest BCUT2D eigenvalue weighted by molar-refractivity contribution is 0.623. The Bertz CT molecular complexity index is 5430. The molecule has 0 unspecified atom stereocenters. The summed E-state index contributed by atoms with van der Waals surface area (Å²) < 4.78 is 15.4. The Labute approximate surface area is 565 Å². The quantitative estimate of drug-likeness (QED) is 0.137. The summed E-state index contributed by atoms with van der Waals surface area (Å²) in [7, 11) is 0. The molecule has 452 valence electrons. The fourth-order valence-corrected chi connectivity index (χ4v) is 13.6. The molecule has 18 rings (SSSR count). The lowest BCUT2D eigenvalue weighted by atomic mass is 9.98. The first kappa shape index (κ1) is 58.5. The van der Waals surface area contributed by atoms with Gasteiger partial charge in [-0.05, 0) is 177 Å². The van der Waals surface area contributed by atoms with Crippen molar-refractivity contribution >= 4 is 164 Å². The maximum atomic E-state index is 6.96. The summed E-state index contributed by atoms with van der Waals surface area (Å²) in [6, 6.07) is 118. The zero-order valence-electron chi connectivity index (χ0n) is 51.2. The van der Waals surface area contributed by atoms with Crippen molar-refractivity contribution in [3.05, 3.63) is 349 Å². The molecule has 7 nitrogen and oxygen atoms in total. The van der Waals surface area contributed by atoms with Gasteiger partial charge in [-0.3, -0.25) is 0 Å². The van der Waals surface area contributed by atoms with E-state index in [0.717, 1.165) is 142 Å². The van der Waals surface area contributed by atoms with Gasteiger partial charge in [-0.15, -0.1) is 0 Å². The molecule has 1 N–H and O–H groups in total. The molecule has 0 bridgehead atoms. The molecule has 2 heterocycles. The smallest absolute Gasteiger partial charge is 0.227 e. The molecule has 9 heteroatoms. The standard InChI is InChI=1S/C49H33N3O.C25H13Br2NO.C12H11N/c1-5-18-35(19-6-1)51(36-20-7-2-8-21-36)39-28-30-42-43-31-29-40(52(37-22-9-3-10-23-37)38-24-11-4-12-25-38)33-46(43)48-47(45(42)32-39)50-49(53-48)44-27-15-17-34-16-13-14-26-41(34)44;26-15-8-10-18-19-11-9-16(27)13-22(19)24-23(21(18)12-15)28-25(29-24)20-7-3-5-14-4-1-2-6-17(14)20;1-3-7-11(8-4-1)13-12-9-5-2-6-10-12/h1-33H;1-13H;1-10,13H. The Balaban J connectivity index is 0.000000140. The summed E-state index contributed by atoms with van der Waals surface area (Å²) in [5.74, 6) is 1.25. The molecule has 95 heavy (non-hydrogen) atoms. The van der Waals surface area contributed by atoms with Gasteiger partial charge in [0.25, 0.3) is 0 Å². The molecule has 0 saturated carbocycles. The Morgan fingerprint density at radius 3 is 0.989 bits per heavy atom. The van der Waals surface area contributed by atoms with Gasteiger partial charge in [-0.2, -0.15) is 0 Å². The summed E-state index contributed by atoms with van der Waals surface area (Å²) in [5.41, 5.74) is 13.9. The van der Waals surface area contributed by atoms with Crippen LogP contribution in [0.1, 0.15) is 0 Å². The molecule has 0 fully saturated rings. The second-order valence-corrected chi connectivity index (χ2v) is 25.0. The number of rotatable bonds is 10. The zero-order chi connectivity index (χ0) is 63.6. The van der Waals surface area contributed by atoms with Gasteiger partial charge >= 0.3 is 0 Å². The van der Waals surface area contributed by atoms with E-state index < -0.39 is 0 Å². The van der Waals surface area contributed by atoms with E-state index in [1.165, 1.54) is 10.8 Å². The van der Waals surface area contributed by atoms with E-state index in [2.05, 4.69) is 314 Å². The van der Waals surface area contributed by atoms with Crippen LogP contribution in [0.25, 0.3) is 110 Å². The van der Waals surface area contributed by atoms with E-state index in [1.54, 1.807) is 0 Å². The Hall–Kier alpha value is -11.6. The topological polar surface area (TPSA) is 70.6 Å². The number of anilines is 8. The molecule has 0 aliphatic carbocycles. The third-order valence-corrected chi connectivity index (χ3v) is 18.2. The zero-order valence-corrected chi connectivity index (χ0v) is 54.4. The number of halogens is 2. The van der Waals surface area contributed by atoms with Crippen LogP contribution in [0.4, 0.5) is 45.5 Å². The number of benzene rings is 16. The molecule has 0 radical (unpaired) electrons. The third-order valence-electron chi connectivity index (χ3n) is 17.3. The summed E-state index contributed by atoms with van der Waals surface area (Å²) in [6.45, 7) is 0. The van der Waals surface area contributed by atoms with Crippen LogP contribution in [-0.4, -0.2) is 9.97 Å². The average molecular weight is 1350 g/mol. The van der Waals surface area contributed by atoms with E-state index in [4.69, 9.17) is 18.8 Å². The number of para-hydroxylation sites is 6. The van der Waals surface area contributed by atoms with Gasteiger partial charge in [0.2, 0.25) is 11.8 Å². The van der Waals surface area contributed by atoms with Crippen molar-refractivity contribution in [3.8, 4) is 22.9 Å². The van der Waals surface area contributed by atoms with Crippen LogP contribution in [0.3, 0.4) is 0 Å². The minimum Gasteiger partial charge on any atom is -0.435 e. The van der Waals surface area contributed by atoms with Crippen molar-refractivity contribution < 1.29 is 8.83 Å². The highest BCUT2D eigenvalue weighted by molar-refractivity contribution is 9.10. The van der Waals surface area contributed by atoms with E-state index in [9.17, 15) is 0 Å². The first-order valence-corrected chi connectivity index (χ1v) is 33.1. The number of hydrogen-bond acceptors (Lipinski definition) is 7. The van der Waals surface area contributed by atoms with Crippen LogP contribution < -0.4 is 15.1 Å². The van der Waals surface area contributed by atoms with Crippen LogP contribution >= 0.6 is 31.9 Å². The van der Waals surface area contributed by atoms with Crippen molar-refractivity contribution in [3.63, 3.8) is 0 Å². The van der Waals surface area contributed by atoms with Gasteiger partial charge in [0.1, 0.15) is 11.0 Å². The first-order valence-electron chi connectivity index (χ1n) is 31.5. The number of fused-ring (bicyclic) bond motifs is 14. The second kappa shape index (κ2) is 25.8. The fourth-order valence-electron chi connectivity index (χ4n) is 12.9. The molecular formula is C86H57Br2N5O2. The lowest BCUT2D eigenvalue weighted by Crippen LogP contribution is -2.10. The van der Waals surface area contributed by atoms with Crippen molar-refractivity contribution in [1.82, 2.24) is 9.97 Å². The minimum atomic E-state index is 0.604. The molecule has 2 aromatic heterocycles. The summed E-state index contributed by atoms with van der Waals surface area (Å²) >= 11 is 7.22. The highest BCUT2D eigenvalue weighted by atomic mass is 79.9. The van der Waals surface area contributed by atoms with Gasteiger partial charge in [-0.1, -0.05) is 238 Å². The molecule has 0 saturated heterocycles. The van der Waals surface area contributed by atoms with Gasteiger partial charge in [0.15, 0.2) is 11.2 Å². The molecular weight excluding hydrogens is 1290 g/mol.